The molecule has 3 aromatic heterocycles. The Morgan fingerprint density at radius 3 is 2.76 bits per heavy atom. The van der Waals surface area contributed by atoms with Gasteiger partial charge in [-0.3, -0.25) is 9.78 Å². The molecule has 0 N–H and O–H groups in total. The number of hydrogen-bond acceptors (Lipinski definition) is 7. The van der Waals surface area contributed by atoms with Crippen molar-refractivity contribution in [2.24, 2.45) is 0 Å². The molecule has 9 heteroatoms. The highest BCUT2D eigenvalue weighted by Gasteiger charge is 2.20. The van der Waals surface area contributed by atoms with Gasteiger partial charge < -0.3 is 14.0 Å². The highest BCUT2D eigenvalue weighted by molar-refractivity contribution is 5.88. The summed E-state index contributed by atoms with van der Waals surface area (Å²) in [7, 11) is 0. The Hall–Kier alpha value is -3.23. The molecular weight excluding hydrogens is 326 g/mol. The Kier molecular flexibility index (Phi) is 4.73. The number of nitrogens with zero attached hydrogens (tertiary/aromatic N) is 5. The molecular formula is C16H17N5O4. The minimum atomic E-state index is -0.711. The van der Waals surface area contributed by atoms with E-state index in [0.717, 1.165) is 10.2 Å². The second kappa shape index (κ2) is 7.12. The molecule has 0 atom stereocenters. The van der Waals surface area contributed by atoms with Crippen molar-refractivity contribution < 1.29 is 14.3 Å². The van der Waals surface area contributed by atoms with Gasteiger partial charge in [0, 0.05) is 12.4 Å². The lowest BCUT2D eigenvalue weighted by Crippen LogP contribution is -2.27. The van der Waals surface area contributed by atoms with Crippen LogP contribution in [-0.2, 0) is 11.3 Å². The van der Waals surface area contributed by atoms with E-state index in [9.17, 15) is 9.59 Å². The van der Waals surface area contributed by atoms with Crippen LogP contribution in [0.15, 0.2) is 35.4 Å². The highest BCUT2D eigenvalue weighted by Crippen LogP contribution is 2.10. The van der Waals surface area contributed by atoms with Crippen molar-refractivity contribution in [3.63, 3.8) is 0 Å². The van der Waals surface area contributed by atoms with Gasteiger partial charge in [0.15, 0.2) is 0 Å². The van der Waals surface area contributed by atoms with Crippen molar-refractivity contribution in [2.75, 3.05) is 13.2 Å². The van der Waals surface area contributed by atoms with Crippen molar-refractivity contribution in [3.05, 3.63) is 52.2 Å². The molecule has 0 bridgehead atoms. The molecule has 0 unspecified atom stereocenters. The largest absolute Gasteiger partial charge is 0.463 e. The standard InChI is InChI=1S/C16H17N5O4/c1-3-24-14(23)12-10-20(9-11-7-5-6-8-17-11)16-18-15(25-4-2)19-21(16)13(12)22/h5-8,10H,3-4,9H2,1-2H3. The van der Waals surface area contributed by atoms with Gasteiger partial charge in [0.25, 0.3) is 5.56 Å². The molecule has 0 aliphatic heterocycles. The summed E-state index contributed by atoms with van der Waals surface area (Å²) in [6.07, 6.45) is 3.07. The maximum Gasteiger partial charge on any atom is 0.345 e. The van der Waals surface area contributed by atoms with E-state index in [-0.39, 0.29) is 24.0 Å². The lowest BCUT2D eigenvalue weighted by Gasteiger charge is -2.09. The summed E-state index contributed by atoms with van der Waals surface area (Å²) in [6, 6.07) is 5.55. The fourth-order valence-electron chi connectivity index (χ4n) is 2.31. The molecule has 0 aliphatic carbocycles. The van der Waals surface area contributed by atoms with Gasteiger partial charge in [-0.25, -0.2) is 4.79 Å². The normalized spacial score (nSPS) is 10.8. The van der Waals surface area contributed by atoms with Gasteiger partial charge in [-0.05, 0) is 26.0 Å². The summed E-state index contributed by atoms with van der Waals surface area (Å²) in [4.78, 5) is 33.1. The first-order valence-electron chi connectivity index (χ1n) is 7.84. The number of aromatic nitrogens is 5. The van der Waals surface area contributed by atoms with Gasteiger partial charge in [0.2, 0.25) is 5.78 Å². The topological polar surface area (TPSA) is 101 Å². The SMILES string of the molecule is CCOC(=O)c1cn(Cc2ccccn2)c2nc(OCC)nn2c1=O. The molecule has 0 aromatic carbocycles. The van der Waals surface area contributed by atoms with E-state index in [0.29, 0.717) is 13.2 Å². The third-order valence-corrected chi connectivity index (χ3v) is 3.36. The minimum absolute atomic E-state index is 0.0652. The van der Waals surface area contributed by atoms with E-state index < -0.39 is 11.5 Å². The molecule has 0 saturated carbocycles. The maximum atomic E-state index is 12.5. The summed E-state index contributed by atoms with van der Waals surface area (Å²) in [5.74, 6) is -0.454. The van der Waals surface area contributed by atoms with Crippen LogP contribution in [0.3, 0.4) is 0 Å². The zero-order valence-corrected chi connectivity index (χ0v) is 13.9. The van der Waals surface area contributed by atoms with Crippen molar-refractivity contribution >= 4 is 11.7 Å². The molecule has 0 fully saturated rings. The average Bonchev–Trinajstić information content (AvgIpc) is 3.03. The summed E-state index contributed by atoms with van der Waals surface area (Å²) in [5, 5.41) is 4.03. The highest BCUT2D eigenvalue weighted by atomic mass is 16.5. The van der Waals surface area contributed by atoms with Crippen LogP contribution in [0, 0.1) is 0 Å². The molecule has 3 heterocycles. The third-order valence-electron chi connectivity index (χ3n) is 3.36. The lowest BCUT2D eigenvalue weighted by molar-refractivity contribution is 0.0522. The molecule has 0 aliphatic rings. The zero-order valence-electron chi connectivity index (χ0n) is 13.9. The first-order chi connectivity index (χ1) is 12.1. The molecule has 0 spiro atoms. The van der Waals surface area contributed by atoms with Gasteiger partial charge in [-0.1, -0.05) is 6.07 Å². The molecule has 25 heavy (non-hydrogen) atoms. The van der Waals surface area contributed by atoms with Crippen LogP contribution in [0.5, 0.6) is 6.01 Å². The van der Waals surface area contributed by atoms with Crippen LogP contribution in [0.25, 0.3) is 5.78 Å². The van der Waals surface area contributed by atoms with E-state index >= 15 is 0 Å². The van der Waals surface area contributed by atoms with Crippen molar-refractivity contribution in [1.82, 2.24) is 24.1 Å². The second-order valence-corrected chi connectivity index (χ2v) is 5.06. The van der Waals surface area contributed by atoms with Crippen LogP contribution in [0.1, 0.15) is 29.9 Å². The Morgan fingerprint density at radius 1 is 1.24 bits per heavy atom. The molecule has 130 valence electrons. The summed E-state index contributed by atoms with van der Waals surface area (Å²) < 4.78 is 12.9. The predicted molar refractivity (Wildman–Crippen MR) is 87.7 cm³/mol. The van der Waals surface area contributed by atoms with E-state index in [1.165, 1.54) is 6.20 Å². The van der Waals surface area contributed by atoms with Gasteiger partial charge in [0.05, 0.1) is 25.5 Å². The Bertz CT molecular complexity index is 948. The first kappa shape index (κ1) is 16.6. The third kappa shape index (κ3) is 3.35. The fourth-order valence-corrected chi connectivity index (χ4v) is 2.31. The molecule has 3 aromatic rings. The number of rotatable bonds is 6. The number of carbonyl (C=O) groups is 1. The number of carbonyl (C=O) groups excluding carboxylic acids is 1. The van der Waals surface area contributed by atoms with Crippen LogP contribution in [0.4, 0.5) is 0 Å². The van der Waals surface area contributed by atoms with E-state index in [2.05, 4.69) is 15.1 Å². The summed E-state index contributed by atoms with van der Waals surface area (Å²) in [5.41, 5.74) is 0.00576. The molecule has 9 nitrogen and oxygen atoms in total. The molecule has 3 rings (SSSR count). The van der Waals surface area contributed by atoms with Crippen LogP contribution in [0.2, 0.25) is 0 Å². The van der Waals surface area contributed by atoms with Crippen LogP contribution in [-0.4, -0.2) is 43.3 Å². The fraction of sp³-hybridized carbons (Fsp3) is 0.312. The molecule has 0 amide bonds. The number of fused-ring (bicyclic) bond motifs is 1. The van der Waals surface area contributed by atoms with Crippen molar-refractivity contribution in [2.45, 2.75) is 20.4 Å². The van der Waals surface area contributed by atoms with Crippen molar-refractivity contribution in [3.8, 4) is 6.01 Å². The quantitative estimate of drug-likeness (QED) is 0.613. The average molecular weight is 343 g/mol. The van der Waals surface area contributed by atoms with Gasteiger partial charge in [0.1, 0.15) is 5.56 Å². The van der Waals surface area contributed by atoms with Gasteiger partial charge in [-0.15, -0.1) is 5.10 Å². The zero-order chi connectivity index (χ0) is 17.8. The Morgan fingerprint density at radius 2 is 2.08 bits per heavy atom. The van der Waals surface area contributed by atoms with Crippen molar-refractivity contribution in [1.29, 1.82) is 0 Å². The smallest absolute Gasteiger partial charge is 0.345 e. The van der Waals surface area contributed by atoms with E-state index in [4.69, 9.17) is 9.47 Å². The molecule has 0 saturated heterocycles. The summed E-state index contributed by atoms with van der Waals surface area (Å²) >= 11 is 0. The molecule has 0 radical (unpaired) electrons. The Labute approximate surface area is 142 Å². The van der Waals surface area contributed by atoms with Crippen LogP contribution < -0.4 is 10.3 Å². The number of pyridine rings is 1. The second-order valence-electron chi connectivity index (χ2n) is 5.06. The number of ether oxygens (including phenoxy) is 2. The number of hydrogen-bond donors (Lipinski definition) is 0. The Balaban J connectivity index is 2.16. The first-order valence-corrected chi connectivity index (χ1v) is 7.84. The summed E-state index contributed by atoms with van der Waals surface area (Å²) in [6.45, 7) is 4.29. The van der Waals surface area contributed by atoms with E-state index in [1.54, 1.807) is 30.7 Å². The van der Waals surface area contributed by atoms with Gasteiger partial charge >= 0.3 is 12.0 Å². The predicted octanol–water partition coefficient (Wildman–Crippen LogP) is 0.910. The van der Waals surface area contributed by atoms with E-state index in [1.807, 2.05) is 12.1 Å². The maximum absolute atomic E-state index is 12.5. The lowest BCUT2D eigenvalue weighted by atomic mass is 10.3. The monoisotopic (exact) mass is 343 g/mol. The number of esters is 1. The van der Waals surface area contributed by atoms with Crippen LogP contribution >= 0.6 is 0 Å². The minimum Gasteiger partial charge on any atom is -0.463 e. The van der Waals surface area contributed by atoms with Gasteiger partial charge in [-0.2, -0.15) is 9.50 Å².